The molecule has 0 atom stereocenters. The molecule has 0 bridgehead atoms. The number of nitrogens with one attached hydrogen (secondary N) is 1. The molecule has 0 aliphatic heterocycles. The number of nitrogens with zero attached hydrogens (tertiary/aromatic N) is 1. The quantitative estimate of drug-likeness (QED) is 0.672. The molecule has 1 amide bonds. The molecule has 1 N–H and O–H groups in total. The maximum absolute atomic E-state index is 12.0. The van der Waals surface area contributed by atoms with E-state index in [0.717, 1.165) is 5.56 Å². The van der Waals surface area contributed by atoms with E-state index in [-0.39, 0.29) is 5.91 Å². The Labute approximate surface area is 127 Å². The second kappa shape index (κ2) is 6.55. The van der Waals surface area contributed by atoms with Crippen LogP contribution in [0.15, 0.2) is 53.6 Å². The molecule has 0 unspecified atom stereocenters. The minimum absolute atomic E-state index is 0.294. The summed E-state index contributed by atoms with van der Waals surface area (Å²) in [6.45, 7) is 1.82. The predicted octanol–water partition coefficient (Wildman–Crippen LogP) is 4.15. The summed E-state index contributed by atoms with van der Waals surface area (Å²) in [5.41, 5.74) is 4.46. The largest absolute Gasteiger partial charge is 0.272 e. The first kappa shape index (κ1) is 14.6. The first-order valence-corrected chi connectivity index (χ1v) is 6.68. The summed E-state index contributed by atoms with van der Waals surface area (Å²) < 4.78 is 0. The van der Waals surface area contributed by atoms with Crippen molar-refractivity contribution < 1.29 is 4.79 Å². The van der Waals surface area contributed by atoms with Crippen molar-refractivity contribution in [2.75, 3.05) is 0 Å². The Bertz CT molecular complexity index is 654. The van der Waals surface area contributed by atoms with Crippen molar-refractivity contribution in [3.8, 4) is 0 Å². The number of benzene rings is 2. The molecule has 2 rings (SSSR count). The van der Waals surface area contributed by atoms with Crippen molar-refractivity contribution in [2.45, 2.75) is 6.92 Å². The third-order valence-electron chi connectivity index (χ3n) is 2.69. The van der Waals surface area contributed by atoms with Crippen LogP contribution in [0.5, 0.6) is 0 Å². The number of rotatable bonds is 3. The van der Waals surface area contributed by atoms with Crippen LogP contribution in [0.2, 0.25) is 10.0 Å². The standard InChI is InChI=1S/C15H12Cl2N2O/c1-10(11-5-3-2-4-6-11)18-19-15(20)13-8-7-12(16)9-14(13)17/h2-9H,1H3,(H,19,20)/b18-10-. The molecule has 0 aliphatic rings. The van der Waals surface area contributed by atoms with Crippen molar-refractivity contribution >= 4 is 34.8 Å². The molecule has 0 saturated heterocycles. The van der Waals surface area contributed by atoms with Gasteiger partial charge in [-0.2, -0.15) is 5.10 Å². The van der Waals surface area contributed by atoms with Gasteiger partial charge < -0.3 is 0 Å². The predicted molar refractivity (Wildman–Crippen MR) is 82.6 cm³/mol. The van der Waals surface area contributed by atoms with Gasteiger partial charge in [0.15, 0.2) is 0 Å². The van der Waals surface area contributed by atoms with Gasteiger partial charge in [0.05, 0.1) is 16.3 Å². The summed E-state index contributed by atoms with van der Waals surface area (Å²) in [5.74, 6) is -0.373. The molecule has 0 aliphatic carbocycles. The second-order valence-corrected chi connectivity index (χ2v) is 4.97. The first-order chi connectivity index (χ1) is 9.58. The zero-order valence-electron chi connectivity index (χ0n) is 10.7. The SMILES string of the molecule is C/C(=N/NC(=O)c1ccc(Cl)cc1Cl)c1ccccc1. The average molecular weight is 307 g/mol. The lowest BCUT2D eigenvalue weighted by molar-refractivity contribution is 0.0955. The van der Waals surface area contributed by atoms with E-state index in [0.29, 0.717) is 21.3 Å². The van der Waals surface area contributed by atoms with Gasteiger partial charge in [-0.1, -0.05) is 53.5 Å². The van der Waals surface area contributed by atoms with Crippen LogP contribution in [-0.2, 0) is 0 Å². The van der Waals surface area contributed by atoms with E-state index in [9.17, 15) is 4.79 Å². The second-order valence-electron chi connectivity index (χ2n) is 4.13. The van der Waals surface area contributed by atoms with Gasteiger partial charge in [-0.15, -0.1) is 0 Å². The van der Waals surface area contributed by atoms with Gasteiger partial charge >= 0.3 is 0 Å². The Morgan fingerprint density at radius 2 is 1.80 bits per heavy atom. The average Bonchev–Trinajstić information content (AvgIpc) is 2.45. The fourth-order valence-corrected chi connectivity index (χ4v) is 2.11. The molecule has 5 heteroatoms. The van der Waals surface area contributed by atoms with Gasteiger partial charge in [-0.05, 0) is 30.7 Å². The van der Waals surface area contributed by atoms with Crippen LogP contribution in [0.1, 0.15) is 22.8 Å². The minimum atomic E-state index is -0.373. The van der Waals surface area contributed by atoms with E-state index in [2.05, 4.69) is 10.5 Å². The molecular formula is C15H12Cl2N2O. The van der Waals surface area contributed by atoms with Gasteiger partial charge in [0.25, 0.3) is 5.91 Å². The van der Waals surface area contributed by atoms with Crippen molar-refractivity contribution in [3.05, 3.63) is 69.7 Å². The smallest absolute Gasteiger partial charge is 0.267 e. The lowest BCUT2D eigenvalue weighted by atomic mass is 10.1. The molecule has 20 heavy (non-hydrogen) atoms. The summed E-state index contributed by atoms with van der Waals surface area (Å²) in [4.78, 5) is 12.0. The van der Waals surface area contributed by atoms with Gasteiger partial charge in [-0.3, -0.25) is 4.79 Å². The fraction of sp³-hybridized carbons (Fsp3) is 0.0667. The van der Waals surface area contributed by atoms with Crippen molar-refractivity contribution in [3.63, 3.8) is 0 Å². The highest BCUT2D eigenvalue weighted by molar-refractivity contribution is 6.36. The highest BCUT2D eigenvalue weighted by Gasteiger charge is 2.10. The van der Waals surface area contributed by atoms with Crippen molar-refractivity contribution in [1.82, 2.24) is 5.43 Å². The van der Waals surface area contributed by atoms with Crippen molar-refractivity contribution in [1.29, 1.82) is 0 Å². The third kappa shape index (κ3) is 3.59. The van der Waals surface area contributed by atoms with Crippen LogP contribution in [0, 0.1) is 0 Å². The fourth-order valence-electron chi connectivity index (χ4n) is 1.61. The van der Waals surface area contributed by atoms with Crippen LogP contribution in [-0.4, -0.2) is 11.6 Å². The third-order valence-corrected chi connectivity index (χ3v) is 3.24. The Balaban J connectivity index is 2.12. The van der Waals surface area contributed by atoms with Crippen LogP contribution in [0.25, 0.3) is 0 Å². The number of amides is 1. The number of hydrogen-bond donors (Lipinski definition) is 1. The summed E-state index contributed by atoms with van der Waals surface area (Å²) in [5, 5.41) is 4.84. The van der Waals surface area contributed by atoms with E-state index in [1.165, 1.54) is 6.07 Å². The van der Waals surface area contributed by atoms with Crippen molar-refractivity contribution in [2.24, 2.45) is 5.10 Å². The van der Waals surface area contributed by atoms with E-state index in [4.69, 9.17) is 23.2 Å². The normalized spacial score (nSPS) is 11.2. The number of carbonyl (C=O) groups is 1. The minimum Gasteiger partial charge on any atom is -0.267 e. The zero-order valence-corrected chi connectivity index (χ0v) is 12.2. The van der Waals surface area contributed by atoms with Gasteiger partial charge in [-0.25, -0.2) is 5.43 Å². The number of hydrogen-bond acceptors (Lipinski definition) is 2. The van der Waals surface area contributed by atoms with Crippen LogP contribution in [0.4, 0.5) is 0 Å². The van der Waals surface area contributed by atoms with Gasteiger partial charge in [0.2, 0.25) is 0 Å². The Kier molecular flexibility index (Phi) is 4.77. The van der Waals surface area contributed by atoms with Crippen LogP contribution >= 0.6 is 23.2 Å². The molecule has 2 aromatic rings. The van der Waals surface area contributed by atoms with Crippen LogP contribution in [0.3, 0.4) is 0 Å². The van der Waals surface area contributed by atoms with Gasteiger partial charge in [0, 0.05) is 5.02 Å². The molecular weight excluding hydrogens is 295 g/mol. The summed E-state index contributed by atoms with van der Waals surface area (Å²) in [7, 11) is 0. The zero-order chi connectivity index (χ0) is 14.5. The molecule has 0 fully saturated rings. The van der Waals surface area contributed by atoms with E-state index >= 15 is 0 Å². The maximum atomic E-state index is 12.0. The van der Waals surface area contributed by atoms with E-state index in [1.807, 2.05) is 37.3 Å². The molecule has 102 valence electrons. The summed E-state index contributed by atoms with van der Waals surface area (Å²) in [6.07, 6.45) is 0. The number of carbonyl (C=O) groups excluding carboxylic acids is 1. The van der Waals surface area contributed by atoms with Gasteiger partial charge in [0.1, 0.15) is 0 Å². The van der Waals surface area contributed by atoms with E-state index < -0.39 is 0 Å². The molecule has 2 aromatic carbocycles. The van der Waals surface area contributed by atoms with E-state index in [1.54, 1.807) is 12.1 Å². The highest BCUT2D eigenvalue weighted by atomic mass is 35.5. The lowest BCUT2D eigenvalue weighted by Crippen LogP contribution is -2.19. The summed E-state index contributed by atoms with van der Waals surface area (Å²) in [6, 6.07) is 14.3. The number of halogens is 2. The number of hydrazone groups is 1. The molecule has 0 saturated carbocycles. The molecule has 0 heterocycles. The Hall–Kier alpha value is -1.84. The molecule has 0 radical (unpaired) electrons. The van der Waals surface area contributed by atoms with Crippen LogP contribution < -0.4 is 5.43 Å². The maximum Gasteiger partial charge on any atom is 0.272 e. The highest BCUT2D eigenvalue weighted by Crippen LogP contribution is 2.20. The molecule has 3 nitrogen and oxygen atoms in total. The monoisotopic (exact) mass is 306 g/mol. The Morgan fingerprint density at radius 1 is 1.10 bits per heavy atom. The lowest BCUT2D eigenvalue weighted by Gasteiger charge is -2.05. The Morgan fingerprint density at radius 3 is 2.45 bits per heavy atom. The first-order valence-electron chi connectivity index (χ1n) is 5.93. The molecule has 0 spiro atoms. The summed E-state index contributed by atoms with van der Waals surface area (Å²) >= 11 is 11.7. The molecule has 0 aromatic heterocycles. The topological polar surface area (TPSA) is 41.5 Å².